The van der Waals surface area contributed by atoms with Crippen LogP contribution in [0.25, 0.3) is 11.3 Å². The predicted octanol–water partition coefficient (Wildman–Crippen LogP) is 7.54. The summed E-state index contributed by atoms with van der Waals surface area (Å²) in [4.78, 5) is 8.20. The molecule has 0 aliphatic heterocycles. The fourth-order valence-corrected chi connectivity index (χ4v) is 5.03. The van der Waals surface area contributed by atoms with E-state index in [9.17, 15) is 4.39 Å². The molecule has 0 bridgehead atoms. The molecule has 3 aromatic rings. The highest BCUT2D eigenvalue weighted by Crippen LogP contribution is 2.44. The molecule has 0 spiro atoms. The van der Waals surface area contributed by atoms with Gasteiger partial charge in [-0.15, -0.1) is 30.2 Å². The average molecular weight is 505 g/mol. The maximum atomic E-state index is 14.5. The van der Waals surface area contributed by atoms with Crippen LogP contribution in [0.3, 0.4) is 0 Å². The van der Waals surface area contributed by atoms with Gasteiger partial charge in [0.2, 0.25) is 0 Å². The van der Waals surface area contributed by atoms with Crippen LogP contribution in [-0.4, -0.2) is 17.6 Å². The first-order valence-corrected chi connectivity index (χ1v) is 12.1. The first-order valence-electron chi connectivity index (χ1n) is 10.7. The Morgan fingerprint density at radius 2 is 2.03 bits per heavy atom. The van der Waals surface area contributed by atoms with Crippen molar-refractivity contribution in [2.24, 2.45) is 5.92 Å². The molecule has 1 aromatic heterocycles. The van der Waals surface area contributed by atoms with Gasteiger partial charge in [0, 0.05) is 10.4 Å². The summed E-state index contributed by atoms with van der Waals surface area (Å²) in [6.45, 7) is 4.23. The maximum absolute atomic E-state index is 14.5. The van der Waals surface area contributed by atoms with Crippen molar-refractivity contribution in [3.05, 3.63) is 64.3 Å². The molecule has 1 heterocycles. The zero-order chi connectivity index (χ0) is 22.7. The Balaban J connectivity index is 0.00000306. The highest BCUT2D eigenvalue weighted by atomic mass is 35.5. The number of hydrogen-bond acceptors (Lipinski definition) is 4. The van der Waals surface area contributed by atoms with E-state index in [1.54, 1.807) is 24.3 Å². The van der Waals surface area contributed by atoms with Crippen molar-refractivity contribution >= 4 is 40.5 Å². The van der Waals surface area contributed by atoms with Crippen molar-refractivity contribution in [2.75, 3.05) is 17.5 Å². The van der Waals surface area contributed by atoms with Crippen LogP contribution in [0.15, 0.2) is 42.5 Å². The Bertz CT molecular complexity index is 1140. The van der Waals surface area contributed by atoms with Crippen molar-refractivity contribution < 1.29 is 9.13 Å². The molecule has 0 radical (unpaired) electrons. The second-order valence-corrected chi connectivity index (χ2v) is 9.59. The van der Waals surface area contributed by atoms with Crippen molar-refractivity contribution in [2.45, 2.75) is 39.2 Å². The molecule has 2 aromatic carbocycles. The molecule has 0 unspecified atom stereocenters. The van der Waals surface area contributed by atoms with E-state index in [1.165, 1.54) is 12.8 Å². The van der Waals surface area contributed by atoms with Crippen molar-refractivity contribution in [1.29, 1.82) is 0 Å². The number of rotatable bonds is 9. The largest absolute Gasteiger partial charge is 0.477 e. The van der Waals surface area contributed by atoms with E-state index >= 15 is 0 Å². The van der Waals surface area contributed by atoms with E-state index in [2.05, 4.69) is 10.8 Å². The second-order valence-electron chi connectivity index (χ2n) is 8.19. The van der Waals surface area contributed by atoms with Gasteiger partial charge in [0.15, 0.2) is 11.2 Å². The van der Waals surface area contributed by atoms with Gasteiger partial charge in [-0.2, -0.15) is 0 Å². The second kappa shape index (κ2) is 11.2. The minimum Gasteiger partial charge on any atom is -0.477 e. The molecular weight excluding hydrogens is 478 g/mol. The molecule has 0 amide bonds. The van der Waals surface area contributed by atoms with Crippen LogP contribution in [0.1, 0.15) is 41.3 Å². The Labute approximate surface area is 210 Å². The number of aryl methyl sites for hydroxylation is 2. The fraction of sp³-hybridized carbons (Fsp3) is 0.346. The number of para-hydroxylation sites is 1. The predicted molar refractivity (Wildman–Crippen MR) is 138 cm³/mol. The van der Waals surface area contributed by atoms with Gasteiger partial charge >= 0.3 is 0 Å². The summed E-state index contributed by atoms with van der Waals surface area (Å²) in [5.74, 6) is 3.94. The smallest absolute Gasteiger partial charge is 0.187 e. The minimum atomic E-state index is -0.188. The first kappa shape index (κ1) is 25.4. The number of hydrogen-bond donors (Lipinski definition) is 0. The average Bonchev–Trinajstić information content (AvgIpc) is 3.53. The Morgan fingerprint density at radius 3 is 2.70 bits per heavy atom. The SMILES string of the molecule is C#CCN(c1nc(-c2ccccc2OCCl)c(C)s1)[C@@H](CC1CC1)c1ccc(C)c(F)c1.Cl. The zero-order valence-electron chi connectivity index (χ0n) is 18.7. The van der Waals surface area contributed by atoms with E-state index in [0.29, 0.717) is 23.8 Å². The third-order valence-electron chi connectivity index (χ3n) is 5.86. The summed E-state index contributed by atoms with van der Waals surface area (Å²) in [6.07, 6.45) is 9.13. The molecule has 1 atom stereocenters. The number of nitrogens with zero attached hydrogens (tertiary/aromatic N) is 2. The van der Waals surface area contributed by atoms with Gasteiger partial charge in [0.05, 0.1) is 18.3 Å². The van der Waals surface area contributed by atoms with Crippen LogP contribution in [0, 0.1) is 37.9 Å². The third-order valence-corrected chi connectivity index (χ3v) is 6.97. The number of thiazole rings is 1. The monoisotopic (exact) mass is 504 g/mol. The standard InChI is InChI=1S/C26H26ClFN2OS.ClH/c1-4-13-30(23(14-19-10-11-19)20-12-9-17(2)22(28)15-20)26-29-25(18(3)32-26)21-7-5-6-8-24(21)31-16-27;/h1,5-9,12,15,19,23H,10-11,13-14,16H2,2-3H3;1H/t23-;/m0./s1. The molecule has 0 N–H and O–H groups in total. The molecule has 1 saturated carbocycles. The lowest BCUT2D eigenvalue weighted by molar-refractivity contribution is 0.389. The van der Waals surface area contributed by atoms with Gasteiger partial charge in [0.1, 0.15) is 11.6 Å². The summed E-state index contributed by atoms with van der Waals surface area (Å²) in [5.41, 5.74) is 3.34. The van der Waals surface area contributed by atoms with E-state index in [0.717, 1.165) is 33.3 Å². The molecule has 3 nitrogen and oxygen atoms in total. The number of halogens is 3. The number of benzene rings is 2. The lowest BCUT2D eigenvalue weighted by atomic mass is 9.98. The van der Waals surface area contributed by atoms with Gasteiger partial charge in [-0.3, -0.25) is 0 Å². The number of terminal acetylenes is 1. The third kappa shape index (κ3) is 5.81. The number of alkyl halides is 1. The van der Waals surface area contributed by atoms with Crippen LogP contribution in [0.5, 0.6) is 5.75 Å². The fourth-order valence-electron chi connectivity index (χ4n) is 3.94. The van der Waals surface area contributed by atoms with E-state index < -0.39 is 0 Å². The summed E-state index contributed by atoms with van der Waals surface area (Å²) >= 11 is 7.42. The van der Waals surface area contributed by atoms with Crippen LogP contribution < -0.4 is 9.64 Å². The lowest BCUT2D eigenvalue weighted by Gasteiger charge is -2.31. The zero-order valence-corrected chi connectivity index (χ0v) is 21.1. The van der Waals surface area contributed by atoms with Crippen molar-refractivity contribution in [1.82, 2.24) is 4.98 Å². The summed E-state index contributed by atoms with van der Waals surface area (Å²) in [6, 6.07) is 13.3. The van der Waals surface area contributed by atoms with Gasteiger partial charge in [-0.1, -0.05) is 54.6 Å². The van der Waals surface area contributed by atoms with Crippen molar-refractivity contribution in [3.63, 3.8) is 0 Å². The summed E-state index contributed by atoms with van der Waals surface area (Å²) in [5, 5.41) is 0.836. The molecule has 174 valence electrons. The number of ether oxygens (including phenoxy) is 1. The van der Waals surface area contributed by atoms with Gasteiger partial charge < -0.3 is 9.64 Å². The first-order chi connectivity index (χ1) is 15.5. The quantitative estimate of drug-likeness (QED) is 0.222. The molecule has 1 fully saturated rings. The van der Waals surface area contributed by atoms with E-state index in [-0.39, 0.29) is 30.3 Å². The summed E-state index contributed by atoms with van der Waals surface area (Å²) in [7, 11) is 0. The van der Waals surface area contributed by atoms with Crippen LogP contribution in [0.2, 0.25) is 0 Å². The summed E-state index contributed by atoms with van der Waals surface area (Å²) < 4.78 is 20.1. The minimum absolute atomic E-state index is 0. The molecule has 0 saturated heterocycles. The molecule has 4 rings (SSSR count). The molecule has 7 heteroatoms. The van der Waals surface area contributed by atoms with Crippen LogP contribution >= 0.6 is 35.3 Å². The molecular formula is C26H27Cl2FN2OS. The Kier molecular flexibility index (Phi) is 8.64. The van der Waals surface area contributed by atoms with Crippen molar-refractivity contribution in [3.8, 4) is 29.4 Å². The van der Waals surface area contributed by atoms with Gasteiger partial charge in [0.25, 0.3) is 0 Å². The van der Waals surface area contributed by atoms with Gasteiger partial charge in [-0.25, -0.2) is 9.37 Å². The van der Waals surface area contributed by atoms with Crippen LogP contribution in [-0.2, 0) is 0 Å². The van der Waals surface area contributed by atoms with Crippen LogP contribution in [0.4, 0.5) is 9.52 Å². The highest BCUT2D eigenvalue weighted by Gasteiger charge is 2.32. The van der Waals surface area contributed by atoms with E-state index in [4.69, 9.17) is 27.7 Å². The number of aromatic nitrogens is 1. The Hall–Kier alpha value is -2.26. The molecule has 1 aliphatic carbocycles. The normalized spacial score (nSPS) is 13.7. The van der Waals surface area contributed by atoms with E-state index in [1.807, 2.05) is 43.3 Å². The highest BCUT2D eigenvalue weighted by molar-refractivity contribution is 7.16. The molecule has 1 aliphatic rings. The Morgan fingerprint density at radius 1 is 1.27 bits per heavy atom. The van der Waals surface area contributed by atoms with Gasteiger partial charge in [-0.05, 0) is 55.5 Å². The molecule has 33 heavy (non-hydrogen) atoms. The maximum Gasteiger partial charge on any atom is 0.187 e. The lowest BCUT2D eigenvalue weighted by Crippen LogP contribution is -2.29. The topological polar surface area (TPSA) is 25.4 Å². The number of anilines is 1.